The van der Waals surface area contributed by atoms with E-state index in [1.165, 1.54) is 6.07 Å². The van der Waals surface area contributed by atoms with Crippen molar-refractivity contribution in [2.45, 2.75) is 10.6 Å². The molecule has 0 unspecified atom stereocenters. The quantitative estimate of drug-likeness (QED) is 0.925. The Morgan fingerprint density at radius 1 is 1.50 bits per heavy atom. The van der Waals surface area contributed by atoms with E-state index in [1.54, 1.807) is 10.8 Å². The average molecular weight is 306 g/mol. The predicted molar refractivity (Wildman–Crippen MR) is 53.2 cm³/mol. The Labute approximate surface area is 92.3 Å². The summed E-state index contributed by atoms with van der Waals surface area (Å²) in [6.07, 6.45) is -2.69. The zero-order valence-corrected chi connectivity index (χ0v) is 9.93. The van der Waals surface area contributed by atoms with Gasteiger partial charge in [0.2, 0.25) is 10.0 Å². The molecule has 0 saturated heterocycles. The van der Waals surface area contributed by atoms with E-state index in [0.717, 1.165) is 11.3 Å². The van der Waals surface area contributed by atoms with Gasteiger partial charge in [-0.05, 0) is 28.1 Å². The second kappa shape index (κ2) is 4.65. The van der Waals surface area contributed by atoms with Crippen LogP contribution in [-0.2, 0) is 10.0 Å². The number of hydrogen-bond donors (Lipinski definition) is 1. The summed E-state index contributed by atoms with van der Waals surface area (Å²) in [5.41, 5.74) is 0. The zero-order valence-electron chi connectivity index (χ0n) is 6.71. The van der Waals surface area contributed by atoms with Crippen LogP contribution in [0.1, 0.15) is 0 Å². The Hall–Kier alpha value is -0.0500. The van der Waals surface area contributed by atoms with Crippen molar-refractivity contribution in [3.63, 3.8) is 0 Å². The molecule has 1 aromatic heterocycles. The number of hydrogen-bond acceptors (Lipinski definition) is 3. The van der Waals surface area contributed by atoms with Gasteiger partial charge in [-0.15, -0.1) is 11.3 Å². The van der Waals surface area contributed by atoms with Gasteiger partial charge in [0.05, 0.1) is 10.3 Å². The largest absolute Gasteiger partial charge is 0.251 e. The Bertz CT molecular complexity index is 404. The van der Waals surface area contributed by atoms with Gasteiger partial charge in [-0.3, -0.25) is 0 Å². The summed E-state index contributed by atoms with van der Waals surface area (Å²) in [4.78, 5) is 0. The van der Waals surface area contributed by atoms with Gasteiger partial charge < -0.3 is 0 Å². The Morgan fingerprint density at radius 3 is 2.57 bits per heavy atom. The van der Waals surface area contributed by atoms with Crippen molar-refractivity contribution >= 4 is 37.3 Å². The van der Waals surface area contributed by atoms with Gasteiger partial charge in [0, 0.05) is 0 Å². The third kappa shape index (κ3) is 3.26. The first-order valence-corrected chi connectivity index (χ1v) is 6.54. The van der Waals surface area contributed by atoms with Crippen molar-refractivity contribution < 1.29 is 17.2 Å². The van der Waals surface area contributed by atoms with E-state index < -0.39 is 23.0 Å². The van der Waals surface area contributed by atoms with Crippen molar-refractivity contribution in [3.8, 4) is 0 Å². The van der Waals surface area contributed by atoms with Gasteiger partial charge in [-0.2, -0.15) is 0 Å². The maximum Gasteiger partial charge on any atom is 0.251 e. The maximum absolute atomic E-state index is 11.8. The van der Waals surface area contributed by atoms with E-state index in [-0.39, 0.29) is 4.21 Å². The van der Waals surface area contributed by atoms with Crippen molar-refractivity contribution in [2.75, 3.05) is 6.54 Å². The summed E-state index contributed by atoms with van der Waals surface area (Å²) in [6.45, 7) is -0.863. The van der Waals surface area contributed by atoms with Crippen LogP contribution in [0.4, 0.5) is 8.78 Å². The summed E-state index contributed by atoms with van der Waals surface area (Å²) in [5.74, 6) is 0. The molecule has 0 spiro atoms. The minimum absolute atomic E-state index is 0.0185. The lowest BCUT2D eigenvalue weighted by Gasteiger charge is -2.02. The standard InChI is InChI=1S/C6H6BrF2NO2S2/c7-4-1-2-6(13-4)14(11,12)10-3-5(8)9/h1-2,5,10H,3H2. The van der Waals surface area contributed by atoms with E-state index in [9.17, 15) is 17.2 Å². The molecule has 0 bridgehead atoms. The van der Waals surface area contributed by atoms with Crippen LogP contribution in [0.5, 0.6) is 0 Å². The molecule has 3 nitrogen and oxygen atoms in total. The molecule has 1 N–H and O–H groups in total. The fraction of sp³-hybridized carbons (Fsp3) is 0.333. The van der Waals surface area contributed by atoms with Crippen LogP contribution in [0, 0.1) is 0 Å². The molecular weight excluding hydrogens is 300 g/mol. The van der Waals surface area contributed by atoms with Crippen LogP contribution in [0.25, 0.3) is 0 Å². The minimum atomic E-state index is -3.78. The van der Waals surface area contributed by atoms with Crippen LogP contribution in [-0.4, -0.2) is 21.4 Å². The Balaban J connectivity index is 2.76. The highest BCUT2D eigenvalue weighted by Gasteiger charge is 2.17. The van der Waals surface area contributed by atoms with Crippen molar-refractivity contribution in [1.82, 2.24) is 4.72 Å². The molecule has 0 saturated carbocycles. The molecule has 8 heteroatoms. The number of nitrogens with one attached hydrogen (secondary N) is 1. The molecule has 0 aliphatic rings. The second-order valence-electron chi connectivity index (χ2n) is 2.30. The lowest BCUT2D eigenvalue weighted by molar-refractivity contribution is 0.153. The summed E-state index contributed by atoms with van der Waals surface area (Å²) >= 11 is 4.05. The molecule has 0 amide bonds. The smallest absolute Gasteiger partial charge is 0.209 e. The molecule has 1 heterocycles. The van der Waals surface area contributed by atoms with Gasteiger partial charge in [-0.25, -0.2) is 21.9 Å². The molecule has 0 radical (unpaired) electrons. The number of rotatable bonds is 4. The molecule has 1 rings (SSSR count). The SMILES string of the molecule is O=S(=O)(NCC(F)F)c1ccc(Br)s1. The zero-order chi connectivity index (χ0) is 10.8. The first-order valence-electron chi connectivity index (χ1n) is 3.45. The van der Waals surface area contributed by atoms with Gasteiger partial charge in [0.15, 0.2) is 0 Å². The molecular formula is C6H6BrF2NO2S2. The van der Waals surface area contributed by atoms with Crippen LogP contribution < -0.4 is 4.72 Å². The lowest BCUT2D eigenvalue weighted by Crippen LogP contribution is -2.27. The van der Waals surface area contributed by atoms with Crippen LogP contribution >= 0.6 is 27.3 Å². The maximum atomic E-state index is 11.8. The predicted octanol–water partition coefficient (Wildman–Crippen LogP) is 2.05. The van der Waals surface area contributed by atoms with Crippen molar-refractivity contribution in [3.05, 3.63) is 15.9 Å². The lowest BCUT2D eigenvalue weighted by atomic mass is 10.7. The monoisotopic (exact) mass is 305 g/mol. The van der Waals surface area contributed by atoms with E-state index in [2.05, 4.69) is 15.9 Å². The van der Waals surface area contributed by atoms with Gasteiger partial charge in [-0.1, -0.05) is 0 Å². The summed E-state index contributed by atoms with van der Waals surface area (Å²) in [5, 5.41) is 0. The summed E-state index contributed by atoms with van der Waals surface area (Å²) < 4.78 is 48.5. The topological polar surface area (TPSA) is 46.2 Å². The van der Waals surface area contributed by atoms with Gasteiger partial charge in [0.1, 0.15) is 4.21 Å². The highest BCUT2D eigenvalue weighted by molar-refractivity contribution is 9.11. The van der Waals surface area contributed by atoms with E-state index >= 15 is 0 Å². The van der Waals surface area contributed by atoms with E-state index in [0.29, 0.717) is 3.79 Å². The highest BCUT2D eigenvalue weighted by Crippen LogP contribution is 2.25. The number of thiophene rings is 1. The van der Waals surface area contributed by atoms with Gasteiger partial charge in [0.25, 0.3) is 6.43 Å². The Kier molecular flexibility index (Phi) is 3.99. The first kappa shape index (κ1) is 12.0. The molecule has 0 aliphatic carbocycles. The molecule has 1 aromatic rings. The van der Waals surface area contributed by atoms with E-state index in [1.807, 2.05) is 0 Å². The molecule has 0 aliphatic heterocycles. The molecule has 80 valence electrons. The van der Waals surface area contributed by atoms with Gasteiger partial charge >= 0.3 is 0 Å². The average Bonchev–Trinajstić information content (AvgIpc) is 2.49. The van der Waals surface area contributed by atoms with Crippen molar-refractivity contribution in [2.24, 2.45) is 0 Å². The van der Waals surface area contributed by atoms with E-state index in [4.69, 9.17) is 0 Å². The van der Waals surface area contributed by atoms with Crippen LogP contribution in [0.3, 0.4) is 0 Å². The number of sulfonamides is 1. The highest BCUT2D eigenvalue weighted by atomic mass is 79.9. The summed E-state index contributed by atoms with van der Waals surface area (Å²) in [6, 6.07) is 2.89. The molecule has 14 heavy (non-hydrogen) atoms. The Morgan fingerprint density at radius 2 is 2.14 bits per heavy atom. The minimum Gasteiger partial charge on any atom is -0.209 e. The normalized spacial score (nSPS) is 12.3. The number of halogens is 3. The van der Waals surface area contributed by atoms with Crippen LogP contribution in [0.15, 0.2) is 20.1 Å². The van der Waals surface area contributed by atoms with Crippen molar-refractivity contribution in [1.29, 1.82) is 0 Å². The molecule has 0 atom stereocenters. The third-order valence-corrected chi connectivity index (χ3v) is 4.78. The summed E-state index contributed by atoms with van der Waals surface area (Å²) in [7, 11) is -3.78. The first-order chi connectivity index (χ1) is 6.42. The third-order valence-electron chi connectivity index (χ3n) is 1.24. The van der Waals surface area contributed by atoms with Crippen LogP contribution in [0.2, 0.25) is 0 Å². The fourth-order valence-electron chi connectivity index (χ4n) is 0.686. The fourth-order valence-corrected chi connectivity index (χ4v) is 3.75. The number of alkyl halides is 2. The molecule has 0 fully saturated rings. The second-order valence-corrected chi connectivity index (χ2v) is 6.76. The molecule has 0 aromatic carbocycles.